The fourth-order valence-corrected chi connectivity index (χ4v) is 2.90. The second kappa shape index (κ2) is 9.52. The molecule has 2 aromatic rings. The third kappa shape index (κ3) is 6.02. The Morgan fingerprint density at radius 2 is 1.72 bits per heavy atom. The molecule has 0 saturated carbocycles. The van der Waals surface area contributed by atoms with E-state index in [2.05, 4.69) is 15.4 Å². The van der Waals surface area contributed by atoms with Crippen molar-refractivity contribution in [2.45, 2.75) is 26.9 Å². The normalized spacial score (nSPS) is 10.9. The van der Waals surface area contributed by atoms with Crippen molar-refractivity contribution in [3.63, 3.8) is 0 Å². The smallest absolute Gasteiger partial charge is 0.323 e. The monoisotopic (exact) mass is 420 g/mol. The lowest BCUT2D eigenvalue weighted by molar-refractivity contribution is -0.142. The van der Waals surface area contributed by atoms with Gasteiger partial charge in [0.05, 0.1) is 13.5 Å². The van der Waals surface area contributed by atoms with E-state index in [1.807, 2.05) is 0 Å². The average molecular weight is 421 g/mol. The lowest BCUT2D eigenvalue weighted by atomic mass is 9.81. The molecule has 0 saturated heterocycles. The highest BCUT2D eigenvalue weighted by Gasteiger charge is 2.32. The number of hydrogen-bond acceptors (Lipinski definition) is 4. The van der Waals surface area contributed by atoms with Crippen LogP contribution in [0.4, 0.5) is 20.6 Å². The number of nitrogens with one attached hydrogen (secondary N) is 2. The molecule has 154 valence electrons. The first-order valence-corrected chi connectivity index (χ1v) is 9.18. The summed E-state index contributed by atoms with van der Waals surface area (Å²) in [5.41, 5.74) is 0.526. The van der Waals surface area contributed by atoms with Crippen LogP contribution < -0.4 is 10.6 Å². The Balaban J connectivity index is 2.09. The molecule has 29 heavy (non-hydrogen) atoms. The Labute approximate surface area is 173 Å². The van der Waals surface area contributed by atoms with E-state index in [9.17, 15) is 18.8 Å². The molecular weight excluding hydrogens is 399 g/mol. The first kappa shape index (κ1) is 22.4. The van der Waals surface area contributed by atoms with Gasteiger partial charge in [0.1, 0.15) is 6.67 Å². The number of ether oxygens (including phenoxy) is 1. The van der Waals surface area contributed by atoms with Gasteiger partial charge in [0.2, 0.25) is 0 Å². The van der Waals surface area contributed by atoms with Crippen molar-refractivity contribution in [3.05, 3.63) is 58.6 Å². The number of methoxy groups -OCH3 is 1. The van der Waals surface area contributed by atoms with Gasteiger partial charge in [0.15, 0.2) is 5.78 Å². The Hall–Kier alpha value is -2.93. The number of ketones is 1. The minimum absolute atomic E-state index is 0.0594. The number of alkyl halides is 1. The molecular formula is C21H22ClFN2O4. The molecule has 2 N–H and O–H groups in total. The van der Waals surface area contributed by atoms with Crippen LogP contribution in [0.5, 0.6) is 0 Å². The largest absolute Gasteiger partial charge is 0.469 e. The highest BCUT2D eigenvalue weighted by molar-refractivity contribution is 6.31. The summed E-state index contributed by atoms with van der Waals surface area (Å²) in [5, 5.41) is 5.43. The van der Waals surface area contributed by atoms with Gasteiger partial charge in [-0.05, 0) is 24.3 Å². The van der Waals surface area contributed by atoms with Gasteiger partial charge >= 0.3 is 12.0 Å². The zero-order valence-corrected chi connectivity index (χ0v) is 17.1. The van der Waals surface area contributed by atoms with Crippen LogP contribution in [0.1, 0.15) is 36.2 Å². The van der Waals surface area contributed by atoms with Gasteiger partial charge in [0.25, 0.3) is 0 Å². The van der Waals surface area contributed by atoms with Crippen molar-refractivity contribution in [3.8, 4) is 0 Å². The number of Topliss-reactive ketones (excluding diaryl/α,β-unsaturated/α-hetero) is 1. The molecule has 0 radical (unpaired) electrons. The second-order valence-corrected chi connectivity index (χ2v) is 7.47. The topological polar surface area (TPSA) is 84.5 Å². The van der Waals surface area contributed by atoms with Crippen molar-refractivity contribution in [2.24, 2.45) is 5.41 Å². The fourth-order valence-electron chi connectivity index (χ4n) is 2.67. The highest BCUT2D eigenvalue weighted by Crippen LogP contribution is 2.28. The standard InChI is InChI=1S/C21H22ClFN2O4/c1-21(2,11-18(26)29-3)19(27)13-5-4-6-15(9-13)24-20(28)25-16-8-7-14(12-23)17(22)10-16/h4-10H,11-12H2,1-3H3,(H2,24,25,28). The van der Waals surface area contributed by atoms with Crippen molar-refractivity contribution >= 4 is 40.8 Å². The molecule has 0 bridgehead atoms. The van der Waals surface area contributed by atoms with Crippen molar-refractivity contribution in [1.82, 2.24) is 0 Å². The number of urea groups is 1. The Kier molecular flexibility index (Phi) is 7.34. The van der Waals surface area contributed by atoms with Gasteiger partial charge < -0.3 is 15.4 Å². The predicted octanol–water partition coefficient (Wildman–Crippen LogP) is 5.23. The average Bonchev–Trinajstić information content (AvgIpc) is 2.67. The van der Waals surface area contributed by atoms with E-state index in [4.69, 9.17) is 11.6 Å². The summed E-state index contributed by atoms with van der Waals surface area (Å²) in [6.45, 7) is 2.62. The number of anilines is 2. The SMILES string of the molecule is COC(=O)CC(C)(C)C(=O)c1cccc(NC(=O)Nc2ccc(CF)c(Cl)c2)c1. The number of halogens is 2. The van der Waals surface area contributed by atoms with Crippen LogP contribution in [0.2, 0.25) is 5.02 Å². The van der Waals surface area contributed by atoms with E-state index in [0.717, 1.165) is 0 Å². The predicted molar refractivity (Wildman–Crippen MR) is 110 cm³/mol. The summed E-state index contributed by atoms with van der Waals surface area (Å²) in [5.74, 6) is -0.727. The van der Waals surface area contributed by atoms with E-state index in [1.54, 1.807) is 32.0 Å². The minimum atomic E-state index is -0.955. The Morgan fingerprint density at radius 3 is 2.31 bits per heavy atom. The van der Waals surface area contributed by atoms with Crippen LogP contribution in [0, 0.1) is 5.41 Å². The number of carbonyl (C=O) groups is 3. The van der Waals surface area contributed by atoms with Crippen molar-refractivity contribution in [1.29, 1.82) is 0 Å². The molecule has 2 amide bonds. The van der Waals surface area contributed by atoms with Gasteiger partial charge in [-0.1, -0.05) is 43.6 Å². The summed E-state index contributed by atoms with van der Waals surface area (Å²) in [6.07, 6.45) is -0.0594. The number of esters is 1. The van der Waals surface area contributed by atoms with E-state index < -0.39 is 24.1 Å². The van der Waals surface area contributed by atoms with Crippen LogP contribution in [0.25, 0.3) is 0 Å². The van der Waals surface area contributed by atoms with Gasteiger partial charge in [-0.3, -0.25) is 9.59 Å². The molecule has 0 aliphatic carbocycles. The van der Waals surface area contributed by atoms with Gasteiger partial charge in [-0.15, -0.1) is 0 Å². The van der Waals surface area contributed by atoms with Crippen LogP contribution in [0.3, 0.4) is 0 Å². The zero-order chi connectivity index (χ0) is 21.6. The molecule has 0 spiro atoms. The molecule has 0 unspecified atom stereocenters. The molecule has 2 aromatic carbocycles. The molecule has 0 atom stereocenters. The third-order valence-electron chi connectivity index (χ3n) is 4.27. The number of carbonyl (C=O) groups excluding carboxylic acids is 3. The molecule has 2 rings (SSSR count). The van der Waals surface area contributed by atoms with Crippen molar-refractivity contribution in [2.75, 3.05) is 17.7 Å². The summed E-state index contributed by atoms with van der Waals surface area (Å²) in [4.78, 5) is 36.5. The number of hydrogen-bond donors (Lipinski definition) is 2. The summed E-state index contributed by atoms with van der Waals surface area (Å²) in [6, 6.07) is 10.3. The molecule has 0 heterocycles. The van der Waals surface area contributed by atoms with E-state index >= 15 is 0 Å². The van der Waals surface area contributed by atoms with Crippen LogP contribution in [0.15, 0.2) is 42.5 Å². The van der Waals surface area contributed by atoms with Crippen LogP contribution in [-0.4, -0.2) is 24.9 Å². The highest BCUT2D eigenvalue weighted by atomic mass is 35.5. The van der Waals surface area contributed by atoms with E-state index in [-0.39, 0.29) is 17.2 Å². The number of rotatable bonds is 7. The third-order valence-corrected chi connectivity index (χ3v) is 4.62. The fraction of sp³-hybridized carbons (Fsp3) is 0.286. The maximum Gasteiger partial charge on any atom is 0.323 e. The summed E-state index contributed by atoms with van der Waals surface area (Å²) in [7, 11) is 1.27. The van der Waals surface area contributed by atoms with E-state index in [1.165, 1.54) is 31.4 Å². The van der Waals surface area contributed by atoms with Crippen LogP contribution >= 0.6 is 11.6 Å². The van der Waals surface area contributed by atoms with Gasteiger partial charge in [0, 0.05) is 32.9 Å². The molecule has 0 aromatic heterocycles. The van der Waals surface area contributed by atoms with Gasteiger partial charge in [-0.2, -0.15) is 0 Å². The number of benzene rings is 2. The summed E-state index contributed by atoms with van der Waals surface area (Å²) < 4.78 is 17.3. The van der Waals surface area contributed by atoms with Crippen molar-refractivity contribution < 1.29 is 23.5 Å². The quantitative estimate of drug-likeness (QED) is 0.474. The first-order valence-electron chi connectivity index (χ1n) is 8.80. The van der Waals surface area contributed by atoms with Gasteiger partial charge in [-0.25, -0.2) is 9.18 Å². The summed E-state index contributed by atoms with van der Waals surface area (Å²) >= 11 is 5.94. The maximum absolute atomic E-state index is 12.8. The molecule has 0 aliphatic heterocycles. The second-order valence-electron chi connectivity index (χ2n) is 7.07. The minimum Gasteiger partial charge on any atom is -0.469 e. The molecule has 6 nitrogen and oxygen atoms in total. The molecule has 0 fully saturated rings. The molecule has 0 aliphatic rings. The van der Waals surface area contributed by atoms with E-state index in [0.29, 0.717) is 22.5 Å². The van der Waals surface area contributed by atoms with Crippen LogP contribution in [-0.2, 0) is 16.2 Å². The Bertz CT molecular complexity index is 931. The zero-order valence-electron chi connectivity index (χ0n) is 16.3. The Morgan fingerprint density at radius 1 is 1.07 bits per heavy atom. The lowest BCUT2D eigenvalue weighted by Gasteiger charge is -2.22. The molecule has 8 heteroatoms. The number of amides is 2. The first-order chi connectivity index (χ1) is 13.7. The maximum atomic E-state index is 12.8. The lowest BCUT2D eigenvalue weighted by Crippen LogP contribution is -2.28.